The monoisotopic (exact) mass is 590 g/mol. The minimum absolute atomic E-state index is 0.105. The van der Waals surface area contributed by atoms with Crippen molar-refractivity contribution < 1.29 is 17.9 Å². The minimum atomic E-state index is -3.67. The van der Waals surface area contributed by atoms with E-state index in [1.165, 1.54) is 32.4 Å². The molecule has 0 aliphatic carbocycles. The van der Waals surface area contributed by atoms with Crippen LogP contribution in [0.2, 0.25) is 0 Å². The van der Waals surface area contributed by atoms with Crippen LogP contribution in [0.15, 0.2) is 58.0 Å². The number of nitrogens with one attached hydrogen (secondary N) is 3. The Balaban J connectivity index is 1.50. The van der Waals surface area contributed by atoms with Gasteiger partial charge in [0.15, 0.2) is 0 Å². The average Bonchev–Trinajstić information content (AvgIpc) is 2.91. The highest BCUT2D eigenvalue weighted by Crippen LogP contribution is 2.33. The third kappa shape index (κ3) is 7.10. The molecule has 0 spiro atoms. The van der Waals surface area contributed by atoms with Gasteiger partial charge in [0.1, 0.15) is 28.8 Å². The molecule has 3 N–H and O–H groups in total. The number of hydrogen-bond donors (Lipinski definition) is 3. The summed E-state index contributed by atoms with van der Waals surface area (Å²) in [5, 5.41) is 6.27. The Morgan fingerprint density at radius 2 is 1.84 bits per heavy atom. The first-order valence-corrected chi connectivity index (χ1v) is 14.3. The van der Waals surface area contributed by atoms with Crippen molar-refractivity contribution in [1.82, 2.24) is 19.6 Å². The molecule has 2 heterocycles. The van der Waals surface area contributed by atoms with Gasteiger partial charge in [-0.2, -0.15) is 4.98 Å². The highest BCUT2D eigenvalue weighted by molar-refractivity contribution is 9.10. The summed E-state index contributed by atoms with van der Waals surface area (Å²) in [5.74, 6) is 2.00. The molecular formula is C25H31BrN6O4S. The zero-order valence-electron chi connectivity index (χ0n) is 20.8. The Morgan fingerprint density at radius 3 is 2.59 bits per heavy atom. The molecule has 1 aromatic heterocycles. The Hall–Kier alpha value is -2.93. The second-order valence-corrected chi connectivity index (χ2v) is 11.2. The van der Waals surface area contributed by atoms with Gasteiger partial charge in [0.2, 0.25) is 16.0 Å². The van der Waals surface area contributed by atoms with Crippen molar-refractivity contribution in [3.8, 4) is 11.5 Å². The molecular weight excluding hydrogens is 560 g/mol. The molecule has 37 heavy (non-hydrogen) atoms. The van der Waals surface area contributed by atoms with Crippen LogP contribution in [0.5, 0.6) is 11.5 Å². The van der Waals surface area contributed by atoms with E-state index in [0.717, 1.165) is 19.6 Å². The number of anilines is 4. The SMILES string of the molecule is CNS(=O)(=O)c1ccccc1Nc1nc(Nc2cc(OCCN3CCCCC3)ccc2OC)ncc1Br. The van der Waals surface area contributed by atoms with Crippen molar-refractivity contribution >= 4 is 49.1 Å². The molecule has 2 aromatic carbocycles. The molecule has 198 valence electrons. The van der Waals surface area contributed by atoms with E-state index in [-0.39, 0.29) is 4.90 Å². The van der Waals surface area contributed by atoms with E-state index in [4.69, 9.17) is 9.47 Å². The fourth-order valence-corrected chi connectivity index (χ4v) is 5.20. The smallest absolute Gasteiger partial charge is 0.242 e. The Morgan fingerprint density at radius 1 is 1.05 bits per heavy atom. The number of piperidine rings is 1. The van der Waals surface area contributed by atoms with E-state index < -0.39 is 10.0 Å². The molecule has 0 amide bonds. The van der Waals surface area contributed by atoms with Crippen LogP contribution in [-0.4, -0.2) is 63.7 Å². The van der Waals surface area contributed by atoms with Gasteiger partial charge in [-0.25, -0.2) is 18.1 Å². The number of halogens is 1. The molecule has 12 heteroatoms. The highest BCUT2D eigenvalue weighted by Gasteiger charge is 2.18. The van der Waals surface area contributed by atoms with Gasteiger partial charge in [-0.05, 0) is 73.2 Å². The lowest BCUT2D eigenvalue weighted by molar-refractivity contribution is 0.183. The second-order valence-electron chi connectivity index (χ2n) is 8.46. The van der Waals surface area contributed by atoms with Crippen LogP contribution in [-0.2, 0) is 10.0 Å². The summed E-state index contributed by atoms with van der Waals surface area (Å²) in [6.07, 6.45) is 5.38. The Bertz CT molecular complexity index is 1320. The lowest BCUT2D eigenvalue weighted by Crippen LogP contribution is -2.33. The molecule has 3 aromatic rings. The predicted octanol–water partition coefficient (Wildman–Crippen LogP) is 4.51. The molecule has 1 aliphatic rings. The lowest BCUT2D eigenvalue weighted by atomic mass is 10.1. The fourth-order valence-electron chi connectivity index (χ4n) is 4.03. The van der Waals surface area contributed by atoms with E-state index in [0.29, 0.717) is 45.7 Å². The van der Waals surface area contributed by atoms with Gasteiger partial charge in [0, 0.05) is 18.8 Å². The van der Waals surface area contributed by atoms with Crippen molar-refractivity contribution in [3.63, 3.8) is 0 Å². The van der Waals surface area contributed by atoms with Gasteiger partial charge in [0.25, 0.3) is 0 Å². The molecule has 0 radical (unpaired) electrons. The standard InChI is InChI=1S/C25H31BrN6O4S/c1-27-37(33,34)23-9-5-4-8-20(23)29-24-19(26)17-28-25(31-24)30-21-16-18(10-11-22(21)35-2)36-15-14-32-12-6-3-7-13-32/h4-5,8-11,16-17,27H,3,6-7,12-15H2,1-2H3,(H2,28,29,30,31). The number of nitrogens with zero attached hydrogens (tertiary/aromatic N) is 3. The Labute approximate surface area is 226 Å². The van der Waals surface area contributed by atoms with E-state index in [1.54, 1.807) is 31.5 Å². The van der Waals surface area contributed by atoms with Crippen molar-refractivity contribution in [2.24, 2.45) is 0 Å². The van der Waals surface area contributed by atoms with Crippen molar-refractivity contribution in [2.45, 2.75) is 24.2 Å². The highest BCUT2D eigenvalue weighted by atomic mass is 79.9. The minimum Gasteiger partial charge on any atom is -0.495 e. The van der Waals surface area contributed by atoms with Gasteiger partial charge in [-0.3, -0.25) is 4.90 Å². The van der Waals surface area contributed by atoms with Gasteiger partial charge < -0.3 is 20.1 Å². The van der Waals surface area contributed by atoms with Crippen molar-refractivity contribution in [2.75, 3.05) is 51.0 Å². The maximum Gasteiger partial charge on any atom is 0.242 e. The van der Waals surface area contributed by atoms with Crippen LogP contribution in [0.25, 0.3) is 0 Å². The molecule has 1 aliphatic heterocycles. The molecule has 1 saturated heterocycles. The first-order valence-electron chi connectivity index (χ1n) is 12.0. The van der Waals surface area contributed by atoms with E-state index in [2.05, 4.69) is 46.2 Å². The molecule has 0 saturated carbocycles. The quantitative estimate of drug-likeness (QED) is 0.296. The molecule has 0 bridgehead atoms. The molecule has 1 fully saturated rings. The predicted molar refractivity (Wildman–Crippen MR) is 148 cm³/mol. The average molecular weight is 592 g/mol. The number of methoxy groups -OCH3 is 1. The normalized spacial score (nSPS) is 14.2. The number of likely N-dealkylation sites (tertiary alicyclic amines) is 1. The molecule has 0 unspecified atom stereocenters. The number of benzene rings is 2. The zero-order chi connectivity index (χ0) is 26.3. The zero-order valence-corrected chi connectivity index (χ0v) is 23.2. The van der Waals surface area contributed by atoms with Crippen molar-refractivity contribution in [3.05, 3.63) is 53.1 Å². The summed E-state index contributed by atoms with van der Waals surface area (Å²) < 4.78 is 39.3. The summed E-state index contributed by atoms with van der Waals surface area (Å²) in [6.45, 7) is 3.75. The number of aromatic nitrogens is 2. The number of rotatable bonds is 11. The molecule has 4 rings (SSSR count). The van der Waals surface area contributed by atoms with Gasteiger partial charge in [-0.15, -0.1) is 0 Å². The first-order chi connectivity index (χ1) is 17.9. The van der Waals surface area contributed by atoms with Gasteiger partial charge in [-0.1, -0.05) is 18.6 Å². The summed E-state index contributed by atoms with van der Waals surface area (Å²) in [6, 6.07) is 12.1. The van der Waals surface area contributed by atoms with Crippen molar-refractivity contribution in [1.29, 1.82) is 0 Å². The van der Waals surface area contributed by atoms with Gasteiger partial charge >= 0.3 is 0 Å². The summed E-state index contributed by atoms with van der Waals surface area (Å²) in [5.41, 5.74) is 1.02. The maximum atomic E-state index is 12.4. The number of ether oxygens (including phenoxy) is 2. The topological polar surface area (TPSA) is 118 Å². The summed E-state index contributed by atoms with van der Waals surface area (Å²) in [4.78, 5) is 11.4. The number of sulfonamides is 1. The molecule has 0 atom stereocenters. The van der Waals surface area contributed by atoms with E-state index in [9.17, 15) is 8.42 Å². The lowest BCUT2D eigenvalue weighted by Gasteiger charge is -2.26. The first kappa shape index (κ1) is 27.1. The van der Waals surface area contributed by atoms with Crippen LogP contribution in [0.1, 0.15) is 19.3 Å². The van der Waals surface area contributed by atoms with Crippen LogP contribution >= 0.6 is 15.9 Å². The second kappa shape index (κ2) is 12.5. The largest absolute Gasteiger partial charge is 0.495 e. The molecule has 10 nitrogen and oxygen atoms in total. The van der Waals surface area contributed by atoms with Crippen LogP contribution < -0.4 is 24.8 Å². The van der Waals surface area contributed by atoms with E-state index in [1.807, 2.05) is 18.2 Å². The third-order valence-corrected chi connectivity index (χ3v) is 8.04. The third-order valence-electron chi connectivity index (χ3n) is 5.98. The van der Waals surface area contributed by atoms with Crippen LogP contribution in [0, 0.1) is 0 Å². The number of para-hydroxylation sites is 1. The van der Waals surface area contributed by atoms with Crippen LogP contribution in [0.4, 0.5) is 23.1 Å². The fraction of sp³-hybridized carbons (Fsp3) is 0.360. The van der Waals surface area contributed by atoms with E-state index >= 15 is 0 Å². The summed E-state index contributed by atoms with van der Waals surface area (Å²) in [7, 11) is -0.712. The Kier molecular flexibility index (Phi) is 9.19. The van der Waals surface area contributed by atoms with Crippen LogP contribution in [0.3, 0.4) is 0 Å². The number of hydrogen-bond acceptors (Lipinski definition) is 9. The maximum absolute atomic E-state index is 12.4. The van der Waals surface area contributed by atoms with Gasteiger partial charge in [0.05, 0.1) is 23.0 Å². The summed E-state index contributed by atoms with van der Waals surface area (Å²) >= 11 is 3.44.